The molecule has 1 rings (SSSR count). The molecule has 1 unspecified atom stereocenters. The van der Waals surface area contributed by atoms with Gasteiger partial charge in [0.1, 0.15) is 17.0 Å². The third-order valence-corrected chi connectivity index (χ3v) is 2.93. The predicted molar refractivity (Wildman–Crippen MR) is 72.5 cm³/mol. The molecule has 1 heterocycles. The van der Waals surface area contributed by atoms with Gasteiger partial charge in [-0.25, -0.2) is 4.79 Å². The Balaban J connectivity index is 2.73. The van der Waals surface area contributed by atoms with Crippen molar-refractivity contribution in [2.24, 2.45) is 0 Å². The molecule has 6 heteroatoms. The van der Waals surface area contributed by atoms with E-state index in [1.54, 1.807) is 27.7 Å². The zero-order valence-corrected chi connectivity index (χ0v) is 12.8. The summed E-state index contributed by atoms with van der Waals surface area (Å²) >= 11 is 0. The van der Waals surface area contributed by atoms with Crippen LogP contribution in [0.1, 0.15) is 41.0 Å². The zero-order chi connectivity index (χ0) is 15.6. The molecule has 0 N–H and O–H groups in total. The van der Waals surface area contributed by atoms with Gasteiger partial charge in [-0.2, -0.15) is 0 Å². The van der Waals surface area contributed by atoms with Crippen LogP contribution in [0.3, 0.4) is 0 Å². The third-order valence-electron chi connectivity index (χ3n) is 2.93. The molecule has 0 bridgehead atoms. The van der Waals surface area contributed by atoms with E-state index in [1.165, 1.54) is 11.8 Å². The van der Waals surface area contributed by atoms with E-state index in [2.05, 4.69) is 0 Å². The molecule has 0 aromatic rings. The van der Waals surface area contributed by atoms with Crippen molar-refractivity contribution < 1.29 is 23.9 Å². The lowest BCUT2D eigenvalue weighted by Gasteiger charge is -2.39. The Morgan fingerprint density at radius 1 is 1.30 bits per heavy atom. The van der Waals surface area contributed by atoms with Crippen LogP contribution in [-0.4, -0.2) is 53.5 Å². The number of nitrogens with zero attached hydrogens (tertiary/aromatic N) is 1. The Hall–Kier alpha value is -1.43. The van der Waals surface area contributed by atoms with Crippen LogP contribution in [0.15, 0.2) is 0 Å². The molecule has 1 saturated heterocycles. The zero-order valence-electron chi connectivity index (χ0n) is 12.8. The van der Waals surface area contributed by atoms with Crippen LogP contribution in [0, 0.1) is 0 Å². The van der Waals surface area contributed by atoms with Crippen molar-refractivity contribution >= 4 is 17.7 Å². The minimum atomic E-state index is -1.14. The first-order chi connectivity index (χ1) is 9.03. The van der Waals surface area contributed by atoms with E-state index in [1.807, 2.05) is 0 Å². The topological polar surface area (TPSA) is 72.9 Å². The van der Waals surface area contributed by atoms with Gasteiger partial charge in [0.25, 0.3) is 0 Å². The van der Waals surface area contributed by atoms with Crippen molar-refractivity contribution in [3.8, 4) is 0 Å². The molecule has 1 amide bonds. The van der Waals surface area contributed by atoms with E-state index in [0.29, 0.717) is 6.54 Å². The molecule has 0 aromatic carbocycles. The number of ketones is 2. The highest BCUT2D eigenvalue weighted by Gasteiger charge is 2.41. The summed E-state index contributed by atoms with van der Waals surface area (Å²) in [7, 11) is 0. The van der Waals surface area contributed by atoms with Crippen molar-refractivity contribution in [2.75, 3.05) is 19.7 Å². The first kappa shape index (κ1) is 16.6. The third kappa shape index (κ3) is 4.59. The summed E-state index contributed by atoms with van der Waals surface area (Å²) in [5, 5.41) is 0. The average molecular weight is 285 g/mol. The fraction of sp³-hybridized carbons (Fsp3) is 0.786. The second-order valence-corrected chi connectivity index (χ2v) is 6.28. The maximum Gasteiger partial charge on any atom is 0.410 e. The van der Waals surface area contributed by atoms with Gasteiger partial charge in [-0.15, -0.1) is 0 Å². The molecule has 1 fully saturated rings. The molecule has 0 radical (unpaired) electrons. The Morgan fingerprint density at radius 2 is 1.90 bits per heavy atom. The van der Waals surface area contributed by atoms with Gasteiger partial charge in [-0.05, 0) is 34.6 Å². The molecule has 114 valence electrons. The molecule has 1 atom stereocenters. The minimum absolute atomic E-state index is 0.105. The molecule has 0 aromatic heterocycles. The van der Waals surface area contributed by atoms with E-state index < -0.39 is 17.3 Å². The van der Waals surface area contributed by atoms with Crippen LogP contribution < -0.4 is 0 Å². The number of amides is 1. The number of morpholine rings is 1. The number of carbonyl (C=O) groups excluding carboxylic acids is 3. The maximum atomic E-state index is 12.1. The number of hydrogen-bond acceptors (Lipinski definition) is 5. The van der Waals surface area contributed by atoms with Gasteiger partial charge >= 0.3 is 6.09 Å². The van der Waals surface area contributed by atoms with Crippen LogP contribution in [0.25, 0.3) is 0 Å². The van der Waals surface area contributed by atoms with Crippen molar-refractivity contribution in [3.05, 3.63) is 0 Å². The minimum Gasteiger partial charge on any atom is -0.444 e. The highest BCUT2D eigenvalue weighted by Crippen LogP contribution is 2.22. The summed E-state index contributed by atoms with van der Waals surface area (Å²) in [6, 6.07) is 0. The van der Waals surface area contributed by atoms with Gasteiger partial charge in [0.05, 0.1) is 19.6 Å². The first-order valence-corrected chi connectivity index (χ1v) is 6.68. The molecule has 1 aliphatic heterocycles. The van der Waals surface area contributed by atoms with Crippen LogP contribution in [0.5, 0.6) is 0 Å². The monoisotopic (exact) mass is 285 g/mol. The standard InChI is InChI=1S/C14H23NO5/c1-10(16)8-11(17)14(5)9-15(6-7-19-14)12(18)20-13(2,3)4/h6-9H2,1-5H3. The highest BCUT2D eigenvalue weighted by atomic mass is 16.6. The first-order valence-electron chi connectivity index (χ1n) is 6.68. The molecule has 0 aliphatic carbocycles. The molecule has 6 nitrogen and oxygen atoms in total. The quantitative estimate of drug-likeness (QED) is 0.736. The number of Topliss-reactive ketones (excluding diaryl/α,β-unsaturated/α-hetero) is 2. The summed E-state index contributed by atoms with van der Waals surface area (Å²) in [6.45, 7) is 9.04. The molecule has 0 saturated carbocycles. The maximum absolute atomic E-state index is 12.1. The van der Waals surface area contributed by atoms with Crippen LogP contribution in [-0.2, 0) is 19.1 Å². The summed E-state index contributed by atoms with van der Waals surface area (Å²) < 4.78 is 10.8. The molecule has 1 aliphatic rings. The van der Waals surface area contributed by atoms with E-state index in [0.717, 1.165) is 0 Å². The van der Waals surface area contributed by atoms with Gasteiger partial charge in [0.15, 0.2) is 5.78 Å². The van der Waals surface area contributed by atoms with E-state index >= 15 is 0 Å². The summed E-state index contributed by atoms with van der Waals surface area (Å²) in [5.74, 6) is -0.521. The predicted octanol–water partition coefficient (Wildman–Crippen LogP) is 1.56. The number of carbonyl (C=O) groups is 3. The number of hydrogen-bond donors (Lipinski definition) is 0. The Bertz CT molecular complexity index is 412. The average Bonchev–Trinajstić information content (AvgIpc) is 2.25. The second kappa shape index (κ2) is 5.91. The van der Waals surface area contributed by atoms with Crippen molar-refractivity contribution in [2.45, 2.75) is 52.2 Å². The molecular formula is C14H23NO5. The molecule has 0 spiro atoms. The summed E-state index contributed by atoms with van der Waals surface area (Å²) in [5.41, 5.74) is -1.73. The Morgan fingerprint density at radius 3 is 2.40 bits per heavy atom. The number of ether oxygens (including phenoxy) is 2. The van der Waals surface area contributed by atoms with Gasteiger partial charge in [0.2, 0.25) is 0 Å². The van der Waals surface area contributed by atoms with Gasteiger partial charge in [0, 0.05) is 6.54 Å². The van der Waals surface area contributed by atoms with Crippen molar-refractivity contribution in [1.29, 1.82) is 0 Å². The SMILES string of the molecule is CC(=O)CC(=O)C1(C)CN(C(=O)OC(C)(C)C)CCO1. The summed E-state index contributed by atoms with van der Waals surface area (Å²) in [6.07, 6.45) is -0.652. The molecular weight excluding hydrogens is 262 g/mol. The smallest absolute Gasteiger partial charge is 0.410 e. The lowest BCUT2D eigenvalue weighted by molar-refractivity contribution is -0.154. The Kier molecular flexibility index (Phi) is 4.91. The lowest BCUT2D eigenvalue weighted by atomic mass is 9.95. The van der Waals surface area contributed by atoms with E-state index in [4.69, 9.17) is 9.47 Å². The van der Waals surface area contributed by atoms with Crippen LogP contribution in [0.4, 0.5) is 4.79 Å². The van der Waals surface area contributed by atoms with E-state index in [-0.39, 0.29) is 31.1 Å². The highest BCUT2D eigenvalue weighted by molar-refractivity contribution is 6.02. The second-order valence-electron chi connectivity index (χ2n) is 6.28. The Labute approximate surface area is 119 Å². The normalized spacial score (nSPS) is 23.4. The van der Waals surface area contributed by atoms with Gasteiger partial charge in [-0.1, -0.05) is 0 Å². The van der Waals surface area contributed by atoms with Crippen LogP contribution >= 0.6 is 0 Å². The largest absolute Gasteiger partial charge is 0.444 e. The van der Waals surface area contributed by atoms with Gasteiger partial charge in [-0.3, -0.25) is 9.59 Å². The molecule has 20 heavy (non-hydrogen) atoms. The van der Waals surface area contributed by atoms with Crippen molar-refractivity contribution in [1.82, 2.24) is 4.90 Å². The fourth-order valence-electron chi connectivity index (χ4n) is 1.93. The summed E-state index contributed by atoms with van der Waals surface area (Å²) in [4.78, 5) is 36.6. The van der Waals surface area contributed by atoms with Gasteiger partial charge < -0.3 is 14.4 Å². The van der Waals surface area contributed by atoms with Crippen LogP contribution in [0.2, 0.25) is 0 Å². The van der Waals surface area contributed by atoms with Crippen molar-refractivity contribution in [3.63, 3.8) is 0 Å². The number of rotatable bonds is 3. The lowest BCUT2D eigenvalue weighted by Crippen LogP contribution is -2.57. The van der Waals surface area contributed by atoms with E-state index in [9.17, 15) is 14.4 Å². The fourth-order valence-corrected chi connectivity index (χ4v) is 1.93.